The summed E-state index contributed by atoms with van der Waals surface area (Å²) in [7, 11) is -3.22. The zero-order valence-corrected chi connectivity index (χ0v) is 17.8. The number of nitrogens with one attached hydrogen (secondary N) is 2. The van der Waals surface area contributed by atoms with Crippen molar-refractivity contribution in [2.75, 3.05) is 31.2 Å². The van der Waals surface area contributed by atoms with E-state index in [4.69, 9.17) is 0 Å². The molecule has 10 heteroatoms. The van der Waals surface area contributed by atoms with E-state index in [-0.39, 0.29) is 5.82 Å². The smallest absolute Gasteiger partial charge is 0.321 e. The van der Waals surface area contributed by atoms with Crippen molar-refractivity contribution in [2.24, 2.45) is 0 Å². The minimum Gasteiger partial charge on any atom is -0.338 e. The van der Waals surface area contributed by atoms with Crippen molar-refractivity contribution in [1.29, 1.82) is 0 Å². The first-order valence-corrected chi connectivity index (χ1v) is 11.5. The van der Waals surface area contributed by atoms with E-state index in [0.717, 1.165) is 10.4 Å². The SMILES string of the molecule is CCN(CCCNC(=O)Nc1ncc(Cc2ccc(C)c(F)c2)s1)S(C)(=O)=O. The minimum atomic E-state index is -3.22. The molecular formula is C18H25FN4O3S2. The first-order chi connectivity index (χ1) is 13.2. The highest BCUT2D eigenvalue weighted by atomic mass is 32.2. The van der Waals surface area contributed by atoms with Crippen LogP contribution in [0.1, 0.15) is 29.3 Å². The van der Waals surface area contributed by atoms with Gasteiger partial charge in [-0.15, -0.1) is 11.3 Å². The topological polar surface area (TPSA) is 91.4 Å². The number of hydrogen-bond donors (Lipinski definition) is 2. The van der Waals surface area contributed by atoms with Crippen LogP contribution < -0.4 is 10.6 Å². The van der Waals surface area contributed by atoms with Crippen molar-refractivity contribution < 1.29 is 17.6 Å². The summed E-state index contributed by atoms with van der Waals surface area (Å²) in [6.45, 7) is 4.58. The van der Waals surface area contributed by atoms with Gasteiger partial charge in [-0.25, -0.2) is 26.9 Å². The average Bonchev–Trinajstić information content (AvgIpc) is 3.03. The quantitative estimate of drug-likeness (QED) is 0.601. The maximum Gasteiger partial charge on any atom is 0.321 e. The summed E-state index contributed by atoms with van der Waals surface area (Å²) in [6, 6.07) is 4.71. The Morgan fingerprint density at radius 1 is 1.36 bits per heavy atom. The van der Waals surface area contributed by atoms with Gasteiger partial charge >= 0.3 is 6.03 Å². The van der Waals surface area contributed by atoms with E-state index in [0.29, 0.717) is 43.2 Å². The zero-order chi connectivity index (χ0) is 20.7. The van der Waals surface area contributed by atoms with Gasteiger partial charge in [-0.3, -0.25) is 5.32 Å². The molecule has 2 rings (SSSR count). The fourth-order valence-electron chi connectivity index (χ4n) is 2.55. The molecule has 0 aliphatic carbocycles. The Morgan fingerprint density at radius 3 is 2.75 bits per heavy atom. The van der Waals surface area contributed by atoms with Crippen LogP contribution in [0.2, 0.25) is 0 Å². The van der Waals surface area contributed by atoms with Gasteiger partial charge in [0.2, 0.25) is 10.0 Å². The molecule has 0 saturated heterocycles. The van der Waals surface area contributed by atoms with E-state index in [2.05, 4.69) is 15.6 Å². The molecule has 0 saturated carbocycles. The monoisotopic (exact) mass is 428 g/mol. The summed E-state index contributed by atoms with van der Waals surface area (Å²) in [5, 5.41) is 5.78. The van der Waals surface area contributed by atoms with E-state index < -0.39 is 16.1 Å². The molecule has 1 aromatic carbocycles. The summed E-state index contributed by atoms with van der Waals surface area (Å²) in [5.41, 5.74) is 1.44. The predicted molar refractivity (Wildman–Crippen MR) is 110 cm³/mol. The molecule has 0 radical (unpaired) electrons. The number of nitrogens with zero attached hydrogens (tertiary/aromatic N) is 2. The molecule has 0 atom stereocenters. The molecule has 1 aromatic heterocycles. The molecule has 0 spiro atoms. The largest absolute Gasteiger partial charge is 0.338 e. The maximum absolute atomic E-state index is 13.6. The Labute approximate surface area is 169 Å². The summed E-state index contributed by atoms with van der Waals surface area (Å²) in [4.78, 5) is 17.0. The van der Waals surface area contributed by atoms with Gasteiger partial charge < -0.3 is 5.32 Å². The summed E-state index contributed by atoms with van der Waals surface area (Å²) in [5.74, 6) is -0.239. The Balaban J connectivity index is 1.78. The number of rotatable bonds is 9. The number of halogens is 1. The van der Waals surface area contributed by atoms with Gasteiger partial charge in [0, 0.05) is 37.1 Å². The lowest BCUT2D eigenvalue weighted by atomic mass is 10.1. The number of sulfonamides is 1. The molecule has 0 fully saturated rings. The summed E-state index contributed by atoms with van der Waals surface area (Å²) in [6.07, 6.45) is 3.87. The predicted octanol–water partition coefficient (Wildman–Crippen LogP) is 2.97. The second-order valence-electron chi connectivity index (χ2n) is 6.38. The first-order valence-electron chi connectivity index (χ1n) is 8.88. The third kappa shape index (κ3) is 6.84. The van der Waals surface area contributed by atoms with Gasteiger partial charge in [-0.2, -0.15) is 0 Å². The average molecular weight is 429 g/mol. The number of aryl methyl sites for hydroxylation is 1. The number of anilines is 1. The van der Waals surface area contributed by atoms with Crippen LogP contribution in [0.4, 0.5) is 14.3 Å². The fraction of sp³-hybridized carbons (Fsp3) is 0.444. The molecule has 2 aromatic rings. The molecule has 2 amide bonds. The third-order valence-electron chi connectivity index (χ3n) is 4.08. The molecule has 28 heavy (non-hydrogen) atoms. The highest BCUT2D eigenvalue weighted by Gasteiger charge is 2.13. The van der Waals surface area contributed by atoms with E-state index in [1.165, 1.54) is 28.0 Å². The van der Waals surface area contributed by atoms with Crippen molar-refractivity contribution in [3.05, 3.63) is 46.2 Å². The van der Waals surface area contributed by atoms with E-state index in [1.54, 1.807) is 26.1 Å². The Morgan fingerprint density at radius 2 is 2.11 bits per heavy atom. The summed E-state index contributed by atoms with van der Waals surface area (Å²) >= 11 is 1.32. The van der Waals surface area contributed by atoms with E-state index >= 15 is 0 Å². The van der Waals surface area contributed by atoms with Crippen LogP contribution in [0.15, 0.2) is 24.4 Å². The number of aromatic nitrogens is 1. The van der Waals surface area contributed by atoms with Crippen molar-refractivity contribution in [2.45, 2.75) is 26.7 Å². The number of carbonyl (C=O) groups is 1. The van der Waals surface area contributed by atoms with Gasteiger partial charge in [-0.05, 0) is 30.5 Å². The van der Waals surface area contributed by atoms with Gasteiger partial charge in [0.05, 0.1) is 6.26 Å². The molecule has 0 unspecified atom stereocenters. The van der Waals surface area contributed by atoms with Crippen molar-refractivity contribution in [3.63, 3.8) is 0 Å². The lowest BCUT2D eigenvalue weighted by Crippen LogP contribution is -2.34. The van der Waals surface area contributed by atoms with Gasteiger partial charge in [0.15, 0.2) is 5.13 Å². The number of benzene rings is 1. The summed E-state index contributed by atoms with van der Waals surface area (Å²) < 4.78 is 38.0. The lowest BCUT2D eigenvalue weighted by Gasteiger charge is -2.17. The zero-order valence-electron chi connectivity index (χ0n) is 16.2. The molecule has 0 aliphatic heterocycles. The molecule has 7 nitrogen and oxygen atoms in total. The Hall–Kier alpha value is -2.04. The number of carbonyl (C=O) groups excluding carboxylic acids is 1. The van der Waals surface area contributed by atoms with Crippen LogP contribution in [-0.2, 0) is 16.4 Å². The fourth-order valence-corrected chi connectivity index (χ4v) is 4.32. The van der Waals surface area contributed by atoms with Crippen LogP contribution in [0.3, 0.4) is 0 Å². The lowest BCUT2D eigenvalue weighted by molar-refractivity contribution is 0.251. The standard InChI is InChI=1S/C18H25FN4O3S2/c1-4-23(28(3,25)26)9-5-8-20-17(24)22-18-21-12-15(27-18)10-14-7-6-13(2)16(19)11-14/h6-7,11-12H,4-5,8-10H2,1-3H3,(H2,20,21,22,24). The van der Waals surface area contributed by atoms with Crippen LogP contribution >= 0.6 is 11.3 Å². The number of amides is 2. The Bertz CT molecular complexity index is 915. The van der Waals surface area contributed by atoms with Crippen molar-refractivity contribution in [3.8, 4) is 0 Å². The number of hydrogen-bond acceptors (Lipinski definition) is 5. The van der Waals surface area contributed by atoms with Gasteiger partial charge in [0.1, 0.15) is 5.82 Å². The van der Waals surface area contributed by atoms with Crippen molar-refractivity contribution in [1.82, 2.24) is 14.6 Å². The maximum atomic E-state index is 13.6. The normalized spacial score (nSPS) is 11.6. The first kappa shape index (κ1) is 22.3. The molecule has 0 bridgehead atoms. The van der Waals surface area contributed by atoms with Crippen LogP contribution in [0.25, 0.3) is 0 Å². The van der Waals surface area contributed by atoms with Crippen LogP contribution in [-0.4, -0.2) is 49.6 Å². The molecule has 154 valence electrons. The van der Waals surface area contributed by atoms with E-state index in [9.17, 15) is 17.6 Å². The second kappa shape index (κ2) is 9.94. The molecule has 0 aliphatic rings. The van der Waals surface area contributed by atoms with Crippen LogP contribution in [0.5, 0.6) is 0 Å². The minimum absolute atomic E-state index is 0.239. The highest BCUT2D eigenvalue weighted by Crippen LogP contribution is 2.22. The third-order valence-corrected chi connectivity index (χ3v) is 6.37. The molecular weight excluding hydrogens is 403 g/mol. The molecule has 1 heterocycles. The molecule has 2 N–H and O–H groups in total. The Kier molecular flexibility index (Phi) is 7.90. The number of thiazole rings is 1. The van der Waals surface area contributed by atoms with E-state index in [1.807, 2.05) is 6.07 Å². The van der Waals surface area contributed by atoms with Gasteiger partial charge in [0.25, 0.3) is 0 Å². The van der Waals surface area contributed by atoms with Crippen molar-refractivity contribution >= 4 is 32.5 Å². The number of urea groups is 1. The highest BCUT2D eigenvalue weighted by molar-refractivity contribution is 7.88. The van der Waals surface area contributed by atoms with Crippen LogP contribution in [0, 0.1) is 12.7 Å². The van der Waals surface area contributed by atoms with Gasteiger partial charge in [-0.1, -0.05) is 19.1 Å². The second-order valence-corrected chi connectivity index (χ2v) is 9.48.